The summed E-state index contributed by atoms with van der Waals surface area (Å²) in [5, 5.41) is 11.4. The van der Waals surface area contributed by atoms with Gasteiger partial charge in [-0.1, -0.05) is 12.1 Å². The zero-order valence-corrected chi connectivity index (χ0v) is 22.6. The van der Waals surface area contributed by atoms with E-state index in [4.69, 9.17) is 4.74 Å². The largest absolute Gasteiger partial charge is 0.497 e. The minimum Gasteiger partial charge on any atom is -0.497 e. The highest BCUT2D eigenvalue weighted by atomic mass is 32.1. The van der Waals surface area contributed by atoms with Crippen molar-refractivity contribution in [1.82, 2.24) is 20.5 Å². The average Bonchev–Trinajstić information content (AvgIpc) is 3.42. The number of carbonyl (C=O) groups is 1. The third kappa shape index (κ3) is 6.52. The SMILES string of the molecule is COc1ccc(C(NC2CCN([C@H](C)CCNC(=O)c3c(C)cncc3C)CC2)c2ccsc2)cc1. The number of likely N-dealkylation sites (tertiary alicyclic amines) is 1. The summed E-state index contributed by atoms with van der Waals surface area (Å²) in [7, 11) is 1.70. The summed E-state index contributed by atoms with van der Waals surface area (Å²) in [6.07, 6.45) is 6.67. The average molecular weight is 507 g/mol. The van der Waals surface area contributed by atoms with Gasteiger partial charge in [0, 0.05) is 36.6 Å². The molecule has 0 radical (unpaired) electrons. The number of methoxy groups -OCH3 is 1. The lowest BCUT2D eigenvalue weighted by molar-refractivity contribution is 0.0943. The number of ether oxygens (including phenoxy) is 1. The molecule has 0 spiro atoms. The van der Waals surface area contributed by atoms with Crippen LogP contribution < -0.4 is 15.4 Å². The summed E-state index contributed by atoms with van der Waals surface area (Å²) >= 11 is 1.74. The lowest BCUT2D eigenvalue weighted by Gasteiger charge is -2.38. The van der Waals surface area contributed by atoms with Crippen LogP contribution >= 0.6 is 11.3 Å². The number of carbonyl (C=O) groups excluding carboxylic acids is 1. The van der Waals surface area contributed by atoms with E-state index in [0.717, 1.165) is 54.8 Å². The van der Waals surface area contributed by atoms with Crippen LogP contribution in [0.4, 0.5) is 0 Å². The molecule has 192 valence electrons. The van der Waals surface area contributed by atoms with Crippen molar-refractivity contribution in [2.75, 3.05) is 26.7 Å². The molecule has 7 heteroatoms. The Balaban J connectivity index is 1.27. The fourth-order valence-corrected chi connectivity index (χ4v) is 5.77. The number of benzene rings is 1. The van der Waals surface area contributed by atoms with Crippen LogP contribution in [0.5, 0.6) is 5.75 Å². The van der Waals surface area contributed by atoms with E-state index in [1.54, 1.807) is 30.8 Å². The highest BCUT2D eigenvalue weighted by Crippen LogP contribution is 2.28. The van der Waals surface area contributed by atoms with Gasteiger partial charge in [-0.25, -0.2) is 0 Å². The molecule has 1 unspecified atom stereocenters. The summed E-state index contributed by atoms with van der Waals surface area (Å²) in [6.45, 7) is 8.95. The Kier molecular flexibility index (Phi) is 9.13. The molecular weight excluding hydrogens is 468 g/mol. The van der Waals surface area contributed by atoms with Gasteiger partial charge in [0.1, 0.15) is 5.75 Å². The van der Waals surface area contributed by atoms with Crippen LogP contribution in [0.15, 0.2) is 53.5 Å². The predicted octanol–water partition coefficient (Wildman–Crippen LogP) is 5.12. The van der Waals surface area contributed by atoms with Crippen molar-refractivity contribution >= 4 is 17.2 Å². The van der Waals surface area contributed by atoms with E-state index in [1.165, 1.54) is 11.1 Å². The van der Waals surface area contributed by atoms with Crippen molar-refractivity contribution in [1.29, 1.82) is 0 Å². The fourth-order valence-electron chi connectivity index (χ4n) is 5.09. The van der Waals surface area contributed by atoms with Gasteiger partial charge in [0.15, 0.2) is 0 Å². The van der Waals surface area contributed by atoms with Gasteiger partial charge < -0.3 is 20.3 Å². The van der Waals surface area contributed by atoms with Crippen LogP contribution in [0.25, 0.3) is 0 Å². The lowest BCUT2D eigenvalue weighted by atomic mass is 9.96. The van der Waals surface area contributed by atoms with Gasteiger partial charge in [0.25, 0.3) is 5.91 Å². The molecule has 3 heterocycles. The second-order valence-corrected chi connectivity index (χ2v) is 10.6. The molecular formula is C29H38N4O2S. The molecule has 2 N–H and O–H groups in total. The highest BCUT2D eigenvalue weighted by Gasteiger charge is 2.26. The number of rotatable bonds is 10. The maximum absolute atomic E-state index is 12.7. The first-order chi connectivity index (χ1) is 17.5. The molecule has 0 bridgehead atoms. The molecule has 1 aliphatic rings. The standard InChI is InChI=1S/C29H38N4O2S/c1-20-17-30-18-21(2)27(20)29(34)31-13-9-22(3)33-14-10-25(11-15-33)32-28(24-12-16-36-19-24)23-5-7-26(35-4)8-6-23/h5-8,12,16-19,22,25,28,32H,9-11,13-15H2,1-4H3,(H,31,34)/t22-,28?/m1/s1. The Morgan fingerprint density at radius 1 is 1.11 bits per heavy atom. The van der Waals surface area contributed by atoms with Gasteiger partial charge in [-0.05, 0) is 104 Å². The van der Waals surface area contributed by atoms with E-state index in [9.17, 15) is 4.79 Å². The maximum Gasteiger partial charge on any atom is 0.251 e. The van der Waals surface area contributed by atoms with Crippen molar-refractivity contribution in [3.05, 3.63) is 81.3 Å². The number of hydrogen-bond donors (Lipinski definition) is 2. The fraction of sp³-hybridized carbons (Fsp3) is 0.448. The molecule has 3 aromatic rings. The first kappa shape index (κ1) is 26.3. The van der Waals surface area contributed by atoms with E-state index in [-0.39, 0.29) is 11.9 Å². The molecule has 1 aromatic carbocycles. The van der Waals surface area contributed by atoms with Gasteiger partial charge in [-0.2, -0.15) is 11.3 Å². The summed E-state index contributed by atoms with van der Waals surface area (Å²) < 4.78 is 5.35. The Hall–Kier alpha value is -2.74. The maximum atomic E-state index is 12.7. The Morgan fingerprint density at radius 3 is 2.42 bits per heavy atom. The molecule has 1 fully saturated rings. The topological polar surface area (TPSA) is 66.5 Å². The van der Waals surface area contributed by atoms with Gasteiger partial charge in [-0.15, -0.1) is 0 Å². The van der Waals surface area contributed by atoms with Crippen LogP contribution in [-0.4, -0.2) is 54.6 Å². The van der Waals surface area contributed by atoms with Crippen molar-refractivity contribution in [3.8, 4) is 5.75 Å². The first-order valence-corrected chi connectivity index (χ1v) is 13.8. The molecule has 36 heavy (non-hydrogen) atoms. The van der Waals surface area contributed by atoms with Crippen molar-refractivity contribution < 1.29 is 9.53 Å². The van der Waals surface area contributed by atoms with Crippen LogP contribution in [0, 0.1) is 13.8 Å². The summed E-state index contributed by atoms with van der Waals surface area (Å²) in [6, 6.07) is 11.7. The van der Waals surface area contributed by atoms with Gasteiger partial charge >= 0.3 is 0 Å². The van der Waals surface area contributed by atoms with Crippen molar-refractivity contribution in [3.63, 3.8) is 0 Å². The molecule has 6 nitrogen and oxygen atoms in total. The minimum absolute atomic E-state index is 0.000474. The molecule has 1 aliphatic heterocycles. The second kappa shape index (κ2) is 12.5. The van der Waals surface area contributed by atoms with Crippen molar-refractivity contribution in [2.45, 2.75) is 58.2 Å². The van der Waals surface area contributed by atoms with E-state index in [2.05, 4.69) is 56.4 Å². The number of hydrogen-bond acceptors (Lipinski definition) is 6. The third-order valence-corrected chi connectivity index (χ3v) is 7.98. The summed E-state index contributed by atoms with van der Waals surface area (Å²) in [4.78, 5) is 19.4. The number of aryl methyl sites for hydroxylation is 2. The number of nitrogens with one attached hydrogen (secondary N) is 2. The molecule has 1 saturated heterocycles. The molecule has 2 aromatic heterocycles. The molecule has 4 rings (SSSR count). The number of aromatic nitrogens is 1. The molecule has 0 aliphatic carbocycles. The Bertz CT molecular complexity index is 1090. The molecule has 2 atom stereocenters. The normalized spacial score (nSPS) is 16.4. The number of piperidine rings is 1. The zero-order chi connectivity index (χ0) is 25.5. The molecule has 0 saturated carbocycles. The third-order valence-electron chi connectivity index (χ3n) is 7.28. The monoisotopic (exact) mass is 506 g/mol. The number of pyridine rings is 1. The predicted molar refractivity (Wildman–Crippen MR) is 147 cm³/mol. The molecule has 1 amide bonds. The van der Waals surface area contributed by atoms with Crippen LogP contribution in [0.3, 0.4) is 0 Å². The van der Waals surface area contributed by atoms with E-state index < -0.39 is 0 Å². The lowest BCUT2D eigenvalue weighted by Crippen LogP contribution is -2.47. The highest BCUT2D eigenvalue weighted by molar-refractivity contribution is 7.08. The van der Waals surface area contributed by atoms with Crippen LogP contribution in [0.1, 0.15) is 64.8 Å². The second-order valence-electron chi connectivity index (χ2n) is 9.78. The summed E-state index contributed by atoms with van der Waals surface area (Å²) in [5.74, 6) is 0.882. The van der Waals surface area contributed by atoms with Crippen LogP contribution in [-0.2, 0) is 0 Å². The number of nitrogens with zero attached hydrogens (tertiary/aromatic N) is 2. The Labute approximate surface area is 219 Å². The quantitative estimate of drug-likeness (QED) is 0.400. The van der Waals surface area contributed by atoms with Gasteiger partial charge in [-0.3, -0.25) is 9.78 Å². The number of thiophene rings is 1. The summed E-state index contributed by atoms with van der Waals surface area (Å²) in [5.41, 5.74) is 5.18. The smallest absolute Gasteiger partial charge is 0.251 e. The van der Waals surface area contributed by atoms with Gasteiger partial charge in [0.05, 0.1) is 13.2 Å². The van der Waals surface area contributed by atoms with E-state index in [1.807, 2.05) is 26.0 Å². The zero-order valence-electron chi connectivity index (χ0n) is 21.8. The Morgan fingerprint density at radius 2 is 1.81 bits per heavy atom. The number of amides is 1. The van der Waals surface area contributed by atoms with Gasteiger partial charge in [0.2, 0.25) is 0 Å². The van der Waals surface area contributed by atoms with Crippen LogP contribution in [0.2, 0.25) is 0 Å². The minimum atomic E-state index is 0.000474. The van der Waals surface area contributed by atoms with E-state index in [0.29, 0.717) is 18.6 Å². The first-order valence-electron chi connectivity index (χ1n) is 12.8. The van der Waals surface area contributed by atoms with Crippen molar-refractivity contribution in [2.24, 2.45) is 0 Å². The van der Waals surface area contributed by atoms with E-state index >= 15 is 0 Å².